The van der Waals surface area contributed by atoms with E-state index in [4.69, 9.17) is 23.7 Å². The van der Waals surface area contributed by atoms with Gasteiger partial charge in [-0.25, -0.2) is 4.79 Å². The molecule has 7 heteroatoms. The average molecular weight is 597 g/mol. The smallest absolute Gasteiger partial charge is 0.335 e. The fourth-order valence-corrected chi connectivity index (χ4v) is 5.26. The molecule has 0 aromatic heterocycles. The van der Waals surface area contributed by atoms with E-state index >= 15 is 0 Å². The highest BCUT2D eigenvalue weighted by Crippen LogP contribution is 2.51. The summed E-state index contributed by atoms with van der Waals surface area (Å²) in [5.74, 6) is -2.10. The van der Waals surface area contributed by atoms with Gasteiger partial charge in [-0.2, -0.15) is 0 Å². The minimum absolute atomic E-state index is 0.254. The van der Waals surface area contributed by atoms with Gasteiger partial charge in [-0.3, -0.25) is 0 Å². The molecule has 0 saturated carbocycles. The summed E-state index contributed by atoms with van der Waals surface area (Å²) in [7, 11) is 1.67. The normalized spacial score (nSPS) is 15.5. The predicted molar refractivity (Wildman–Crippen MR) is 171 cm³/mol. The summed E-state index contributed by atoms with van der Waals surface area (Å²) in [6.45, 7) is 11.0. The fraction of sp³-hybridized carbons (Fsp3) is 0.583. The van der Waals surface area contributed by atoms with Gasteiger partial charge in [-0.05, 0) is 55.5 Å². The number of benzene rings is 2. The Balaban J connectivity index is 2.17. The third kappa shape index (κ3) is 9.15. The Morgan fingerprint density at radius 1 is 0.721 bits per heavy atom. The molecule has 1 N–H and O–H groups in total. The summed E-state index contributed by atoms with van der Waals surface area (Å²) in [5.41, 5.74) is 3.82. The molecular weight excluding hydrogens is 544 g/mol. The molecule has 43 heavy (non-hydrogen) atoms. The molecule has 0 bridgehead atoms. The lowest BCUT2D eigenvalue weighted by molar-refractivity contribution is -0.306. The third-order valence-electron chi connectivity index (χ3n) is 7.92. The molecular formula is C36H52O7. The second-order valence-corrected chi connectivity index (χ2v) is 11.2. The zero-order valence-electron chi connectivity index (χ0n) is 26.9. The number of fused-ring (bicyclic) bond motifs is 1. The minimum atomic E-state index is -0.944. The van der Waals surface area contributed by atoms with E-state index in [1.165, 1.54) is 0 Å². The van der Waals surface area contributed by atoms with Gasteiger partial charge in [0.05, 0.1) is 39.1 Å². The third-order valence-corrected chi connectivity index (χ3v) is 7.92. The first-order valence-corrected chi connectivity index (χ1v) is 16.2. The summed E-state index contributed by atoms with van der Waals surface area (Å²) in [5, 5.41) is 9.27. The van der Waals surface area contributed by atoms with Crippen LogP contribution >= 0.6 is 0 Å². The second kappa shape index (κ2) is 17.6. The number of methoxy groups -OCH3 is 1. The highest BCUT2D eigenvalue weighted by atomic mass is 16.7. The SMILES string of the molecule is CCCCOC1(OCCCC)CCC(OCCCC)(OCCCC)c2cc(OC)c(C=Cc3ccc(C(=O)O)cc3)cc21. The molecule has 7 nitrogen and oxygen atoms in total. The van der Waals surface area contributed by atoms with Crippen molar-refractivity contribution >= 4 is 18.1 Å². The van der Waals surface area contributed by atoms with Gasteiger partial charge in [0, 0.05) is 29.5 Å². The number of carboxylic acids is 1. The maximum absolute atomic E-state index is 11.3. The fourth-order valence-electron chi connectivity index (χ4n) is 5.26. The summed E-state index contributed by atoms with van der Waals surface area (Å²) in [6.07, 6.45) is 13.0. The Morgan fingerprint density at radius 2 is 1.16 bits per heavy atom. The monoisotopic (exact) mass is 596 g/mol. The number of unbranched alkanes of at least 4 members (excludes halogenated alkanes) is 4. The maximum atomic E-state index is 11.3. The van der Waals surface area contributed by atoms with Crippen molar-refractivity contribution in [3.05, 3.63) is 64.2 Å². The van der Waals surface area contributed by atoms with Crippen LogP contribution in [0.2, 0.25) is 0 Å². The number of hydrogen-bond acceptors (Lipinski definition) is 6. The van der Waals surface area contributed by atoms with Crippen molar-refractivity contribution < 1.29 is 33.6 Å². The van der Waals surface area contributed by atoms with Crippen LogP contribution < -0.4 is 4.74 Å². The molecule has 0 radical (unpaired) electrons. The topological polar surface area (TPSA) is 83.5 Å². The number of rotatable bonds is 20. The molecule has 1 aliphatic carbocycles. The molecule has 0 aliphatic heterocycles. The molecule has 2 aromatic rings. The van der Waals surface area contributed by atoms with Crippen molar-refractivity contribution in [3.8, 4) is 5.75 Å². The molecule has 0 saturated heterocycles. The summed E-state index contributed by atoms with van der Waals surface area (Å²) < 4.78 is 32.7. The Bertz CT molecular complexity index is 1130. The summed E-state index contributed by atoms with van der Waals surface area (Å²) in [4.78, 5) is 11.3. The van der Waals surface area contributed by atoms with Gasteiger partial charge in [0.1, 0.15) is 5.75 Å². The van der Waals surface area contributed by atoms with Crippen LogP contribution in [-0.4, -0.2) is 44.6 Å². The lowest BCUT2D eigenvalue weighted by Gasteiger charge is -2.47. The van der Waals surface area contributed by atoms with Gasteiger partial charge in [-0.15, -0.1) is 0 Å². The lowest BCUT2D eigenvalue weighted by Crippen LogP contribution is -2.47. The Morgan fingerprint density at radius 3 is 1.56 bits per heavy atom. The molecule has 3 rings (SSSR count). The van der Waals surface area contributed by atoms with Crippen molar-refractivity contribution in [2.75, 3.05) is 33.5 Å². The molecule has 238 valence electrons. The van der Waals surface area contributed by atoms with E-state index in [0.717, 1.165) is 73.6 Å². The molecule has 0 spiro atoms. The van der Waals surface area contributed by atoms with Crippen LogP contribution in [0.15, 0.2) is 36.4 Å². The summed E-state index contributed by atoms with van der Waals surface area (Å²) >= 11 is 0. The predicted octanol–water partition coefficient (Wildman–Crippen LogP) is 8.93. The molecule has 1 aliphatic rings. The Kier molecular flexibility index (Phi) is 14.2. The number of ether oxygens (including phenoxy) is 5. The summed E-state index contributed by atoms with van der Waals surface area (Å²) in [6, 6.07) is 11.0. The largest absolute Gasteiger partial charge is 0.496 e. The van der Waals surface area contributed by atoms with Crippen LogP contribution in [-0.2, 0) is 30.5 Å². The first kappa shape index (κ1) is 34.8. The van der Waals surface area contributed by atoms with Crippen molar-refractivity contribution in [3.63, 3.8) is 0 Å². The first-order chi connectivity index (χ1) is 20.9. The van der Waals surface area contributed by atoms with E-state index in [-0.39, 0.29) is 5.56 Å². The van der Waals surface area contributed by atoms with Gasteiger partial charge in [-0.1, -0.05) is 77.7 Å². The molecule has 0 heterocycles. The quantitative estimate of drug-likeness (QED) is 0.0928. The molecule has 0 amide bonds. The lowest BCUT2D eigenvalue weighted by atomic mass is 9.80. The second-order valence-electron chi connectivity index (χ2n) is 11.2. The average Bonchev–Trinajstić information content (AvgIpc) is 3.02. The molecule has 0 unspecified atom stereocenters. The van der Waals surface area contributed by atoms with Crippen LogP contribution in [0.3, 0.4) is 0 Å². The van der Waals surface area contributed by atoms with Crippen LogP contribution in [0, 0.1) is 0 Å². The van der Waals surface area contributed by atoms with Crippen LogP contribution in [0.1, 0.15) is 125 Å². The van der Waals surface area contributed by atoms with E-state index in [1.54, 1.807) is 31.4 Å². The Labute approximate surface area is 258 Å². The number of aromatic carboxylic acids is 1. The van der Waals surface area contributed by atoms with Crippen molar-refractivity contribution in [2.24, 2.45) is 0 Å². The van der Waals surface area contributed by atoms with Gasteiger partial charge < -0.3 is 28.8 Å². The number of carboxylic acid groups (broad SMARTS) is 1. The number of carbonyl (C=O) groups is 1. The van der Waals surface area contributed by atoms with E-state index in [0.29, 0.717) is 45.0 Å². The van der Waals surface area contributed by atoms with Crippen molar-refractivity contribution in [1.29, 1.82) is 0 Å². The highest BCUT2D eigenvalue weighted by Gasteiger charge is 2.51. The van der Waals surface area contributed by atoms with Crippen molar-refractivity contribution in [2.45, 2.75) is 103 Å². The first-order valence-electron chi connectivity index (χ1n) is 16.2. The minimum Gasteiger partial charge on any atom is -0.496 e. The number of hydrogen-bond donors (Lipinski definition) is 1. The molecule has 0 fully saturated rings. The van der Waals surface area contributed by atoms with E-state index in [9.17, 15) is 9.90 Å². The van der Waals surface area contributed by atoms with E-state index in [1.807, 2.05) is 18.2 Å². The van der Waals surface area contributed by atoms with E-state index < -0.39 is 17.5 Å². The maximum Gasteiger partial charge on any atom is 0.335 e. The highest BCUT2D eigenvalue weighted by molar-refractivity contribution is 5.88. The zero-order valence-corrected chi connectivity index (χ0v) is 26.9. The zero-order chi connectivity index (χ0) is 31.1. The van der Waals surface area contributed by atoms with Crippen LogP contribution in [0.25, 0.3) is 12.2 Å². The van der Waals surface area contributed by atoms with Gasteiger partial charge >= 0.3 is 5.97 Å². The Hall–Kier alpha value is -2.71. The van der Waals surface area contributed by atoms with Gasteiger partial charge in [0.2, 0.25) is 0 Å². The van der Waals surface area contributed by atoms with Crippen LogP contribution in [0.5, 0.6) is 5.75 Å². The van der Waals surface area contributed by atoms with Gasteiger partial charge in [0.15, 0.2) is 11.6 Å². The van der Waals surface area contributed by atoms with Gasteiger partial charge in [0.25, 0.3) is 0 Å². The molecule has 0 atom stereocenters. The van der Waals surface area contributed by atoms with E-state index in [2.05, 4.69) is 33.8 Å². The standard InChI is InChI=1S/C36H52O7/c1-6-10-22-40-35(41-23-11-7-2)20-21-36(42-24-12-8-3,43-25-13-9-4)32-27-33(39-5)30(26-31(32)35)19-16-28-14-17-29(18-15-28)34(37)38/h14-19,26-27H,6-13,20-25H2,1-5H3,(H,37,38). The van der Waals surface area contributed by atoms with Crippen molar-refractivity contribution in [1.82, 2.24) is 0 Å². The van der Waals surface area contributed by atoms with Crippen LogP contribution in [0.4, 0.5) is 0 Å². The molecule has 2 aromatic carbocycles.